The van der Waals surface area contributed by atoms with Gasteiger partial charge in [0.15, 0.2) is 0 Å². The van der Waals surface area contributed by atoms with Gasteiger partial charge < -0.3 is 19.9 Å². The fourth-order valence-corrected chi connectivity index (χ4v) is 3.46. The Balaban J connectivity index is 1.44. The zero-order chi connectivity index (χ0) is 17.8. The van der Waals surface area contributed by atoms with Crippen LogP contribution in [0.15, 0.2) is 42.6 Å². The predicted octanol–water partition coefficient (Wildman–Crippen LogP) is 2.90. The third-order valence-electron chi connectivity index (χ3n) is 4.92. The molecule has 1 N–H and O–H groups in total. The maximum absolute atomic E-state index is 12.6. The molecule has 4 rings (SSSR count). The van der Waals surface area contributed by atoms with E-state index < -0.39 is 0 Å². The average molecular weight is 352 g/mol. The number of anilines is 3. The van der Waals surface area contributed by atoms with E-state index in [0.29, 0.717) is 37.7 Å². The Morgan fingerprint density at radius 3 is 2.46 bits per heavy atom. The van der Waals surface area contributed by atoms with Gasteiger partial charge in [0.2, 0.25) is 0 Å². The minimum absolute atomic E-state index is 0.0307. The standard InChI is InChI=1S/C20H24N4O2/c25-20(24-11-13-26-14-12-24)16-7-8-21-19(15-16)22-17-3-5-18(6-4-17)23-9-1-2-10-23/h3-8,15H,1-2,9-14H2,(H,21,22). The Bertz CT molecular complexity index is 751. The molecule has 0 saturated carbocycles. The Morgan fingerprint density at radius 1 is 1.00 bits per heavy atom. The predicted molar refractivity (Wildman–Crippen MR) is 102 cm³/mol. The van der Waals surface area contributed by atoms with Gasteiger partial charge in [-0.2, -0.15) is 0 Å². The Kier molecular flexibility index (Phi) is 5.02. The fraction of sp³-hybridized carbons (Fsp3) is 0.400. The first kappa shape index (κ1) is 16.8. The maximum Gasteiger partial charge on any atom is 0.254 e. The van der Waals surface area contributed by atoms with Crippen LogP contribution in [0, 0.1) is 0 Å². The molecule has 2 saturated heterocycles. The van der Waals surface area contributed by atoms with Gasteiger partial charge in [-0.15, -0.1) is 0 Å². The van der Waals surface area contributed by atoms with Crippen LogP contribution in [0.1, 0.15) is 23.2 Å². The van der Waals surface area contributed by atoms with Crippen LogP contribution >= 0.6 is 0 Å². The molecule has 2 aliphatic rings. The molecule has 136 valence electrons. The average Bonchev–Trinajstić information content (AvgIpc) is 3.24. The molecule has 1 amide bonds. The first-order valence-corrected chi connectivity index (χ1v) is 9.25. The van der Waals surface area contributed by atoms with Crippen molar-refractivity contribution in [3.63, 3.8) is 0 Å². The number of hydrogen-bond donors (Lipinski definition) is 1. The highest BCUT2D eigenvalue weighted by molar-refractivity contribution is 5.95. The molecular formula is C20H24N4O2. The molecule has 0 spiro atoms. The van der Waals surface area contributed by atoms with Crippen LogP contribution in [0.2, 0.25) is 0 Å². The summed E-state index contributed by atoms with van der Waals surface area (Å²) in [5.74, 6) is 0.709. The van der Waals surface area contributed by atoms with E-state index in [9.17, 15) is 4.79 Å². The number of aromatic nitrogens is 1. The lowest BCUT2D eigenvalue weighted by atomic mass is 10.2. The summed E-state index contributed by atoms with van der Waals surface area (Å²) >= 11 is 0. The van der Waals surface area contributed by atoms with Crippen molar-refractivity contribution in [1.82, 2.24) is 9.88 Å². The van der Waals surface area contributed by atoms with Crippen molar-refractivity contribution in [1.29, 1.82) is 0 Å². The van der Waals surface area contributed by atoms with Crippen molar-refractivity contribution in [3.8, 4) is 0 Å². The van der Waals surface area contributed by atoms with Gasteiger partial charge in [-0.3, -0.25) is 4.79 Å². The van der Waals surface area contributed by atoms with Crippen molar-refractivity contribution in [2.24, 2.45) is 0 Å². The Labute approximate surface area is 153 Å². The monoisotopic (exact) mass is 352 g/mol. The lowest BCUT2D eigenvalue weighted by molar-refractivity contribution is 0.0303. The molecule has 3 heterocycles. The molecule has 0 radical (unpaired) electrons. The summed E-state index contributed by atoms with van der Waals surface area (Å²) < 4.78 is 5.31. The van der Waals surface area contributed by atoms with Gasteiger partial charge >= 0.3 is 0 Å². The highest BCUT2D eigenvalue weighted by atomic mass is 16.5. The highest BCUT2D eigenvalue weighted by Gasteiger charge is 2.19. The zero-order valence-corrected chi connectivity index (χ0v) is 14.9. The normalized spacial score (nSPS) is 17.4. The van der Waals surface area contributed by atoms with Crippen LogP contribution in [-0.2, 0) is 4.74 Å². The number of nitrogens with one attached hydrogen (secondary N) is 1. The smallest absolute Gasteiger partial charge is 0.254 e. The van der Waals surface area contributed by atoms with E-state index in [-0.39, 0.29) is 5.91 Å². The second kappa shape index (κ2) is 7.74. The second-order valence-corrected chi connectivity index (χ2v) is 6.70. The van der Waals surface area contributed by atoms with Crippen molar-refractivity contribution < 1.29 is 9.53 Å². The van der Waals surface area contributed by atoms with Gasteiger partial charge in [0.1, 0.15) is 5.82 Å². The zero-order valence-electron chi connectivity index (χ0n) is 14.9. The number of carbonyl (C=O) groups excluding carboxylic acids is 1. The van der Waals surface area contributed by atoms with Crippen LogP contribution in [-0.4, -0.2) is 55.2 Å². The van der Waals surface area contributed by atoms with Crippen LogP contribution in [0.3, 0.4) is 0 Å². The van der Waals surface area contributed by atoms with Crippen LogP contribution in [0.5, 0.6) is 0 Å². The molecule has 0 unspecified atom stereocenters. The second-order valence-electron chi connectivity index (χ2n) is 6.70. The maximum atomic E-state index is 12.6. The molecule has 6 heteroatoms. The number of pyridine rings is 1. The summed E-state index contributed by atoms with van der Waals surface area (Å²) in [6.45, 7) is 4.76. The minimum Gasteiger partial charge on any atom is -0.378 e. The molecule has 2 aliphatic heterocycles. The summed E-state index contributed by atoms with van der Waals surface area (Å²) in [6, 6.07) is 12.0. The highest BCUT2D eigenvalue weighted by Crippen LogP contribution is 2.23. The largest absolute Gasteiger partial charge is 0.378 e. The third-order valence-corrected chi connectivity index (χ3v) is 4.92. The van der Waals surface area contributed by atoms with Gasteiger partial charge in [-0.05, 0) is 49.2 Å². The number of carbonyl (C=O) groups is 1. The topological polar surface area (TPSA) is 57.7 Å². The molecular weight excluding hydrogens is 328 g/mol. The summed E-state index contributed by atoms with van der Waals surface area (Å²) in [7, 11) is 0. The van der Waals surface area contributed by atoms with Crippen molar-refractivity contribution in [3.05, 3.63) is 48.2 Å². The van der Waals surface area contributed by atoms with Crippen LogP contribution in [0.4, 0.5) is 17.2 Å². The van der Waals surface area contributed by atoms with Gasteiger partial charge in [0.05, 0.1) is 13.2 Å². The van der Waals surface area contributed by atoms with Gasteiger partial charge in [0, 0.05) is 49.3 Å². The van der Waals surface area contributed by atoms with Crippen molar-refractivity contribution in [2.45, 2.75) is 12.8 Å². The summed E-state index contributed by atoms with van der Waals surface area (Å²) in [5.41, 5.74) is 2.88. The molecule has 6 nitrogen and oxygen atoms in total. The first-order chi connectivity index (χ1) is 12.8. The fourth-order valence-electron chi connectivity index (χ4n) is 3.46. The van der Waals surface area contributed by atoms with Crippen molar-refractivity contribution >= 4 is 23.1 Å². The first-order valence-electron chi connectivity index (χ1n) is 9.25. The Hall–Kier alpha value is -2.60. The summed E-state index contributed by atoms with van der Waals surface area (Å²) in [4.78, 5) is 21.2. The molecule has 0 aliphatic carbocycles. The molecule has 0 atom stereocenters. The number of benzene rings is 1. The molecule has 1 aromatic carbocycles. The van der Waals surface area contributed by atoms with E-state index in [1.54, 1.807) is 12.3 Å². The lowest BCUT2D eigenvalue weighted by Crippen LogP contribution is -2.40. The van der Waals surface area contributed by atoms with E-state index in [2.05, 4.69) is 39.5 Å². The molecule has 26 heavy (non-hydrogen) atoms. The molecule has 2 fully saturated rings. The van der Waals surface area contributed by atoms with E-state index in [1.165, 1.54) is 18.5 Å². The minimum atomic E-state index is 0.0307. The third kappa shape index (κ3) is 3.80. The SMILES string of the molecule is O=C(c1ccnc(Nc2ccc(N3CCCC3)cc2)c1)N1CCOCC1. The van der Waals surface area contributed by atoms with Gasteiger partial charge in [-0.25, -0.2) is 4.98 Å². The molecule has 0 bridgehead atoms. The van der Waals surface area contributed by atoms with Gasteiger partial charge in [0.25, 0.3) is 5.91 Å². The number of rotatable bonds is 4. The molecule has 2 aromatic rings. The number of nitrogens with zero attached hydrogens (tertiary/aromatic N) is 3. The van der Waals surface area contributed by atoms with Crippen LogP contribution in [0.25, 0.3) is 0 Å². The summed E-state index contributed by atoms with van der Waals surface area (Å²) in [6.07, 6.45) is 4.22. The van der Waals surface area contributed by atoms with E-state index in [4.69, 9.17) is 4.74 Å². The van der Waals surface area contributed by atoms with E-state index >= 15 is 0 Å². The number of hydrogen-bond acceptors (Lipinski definition) is 5. The van der Waals surface area contributed by atoms with Crippen LogP contribution < -0.4 is 10.2 Å². The molecule has 1 aromatic heterocycles. The Morgan fingerprint density at radius 2 is 1.73 bits per heavy atom. The number of ether oxygens (including phenoxy) is 1. The number of amides is 1. The summed E-state index contributed by atoms with van der Waals surface area (Å²) in [5, 5.41) is 3.29. The van der Waals surface area contributed by atoms with E-state index in [0.717, 1.165) is 18.8 Å². The number of morpholine rings is 1. The van der Waals surface area contributed by atoms with E-state index in [1.807, 2.05) is 11.0 Å². The van der Waals surface area contributed by atoms with Crippen molar-refractivity contribution in [2.75, 3.05) is 49.6 Å². The quantitative estimate of drug-likeness (QED) is 0.917. The lowest BCUT2D eigenvalue weighted by Gasteiger charge is -2.26. The van der Waals surface area contributed by atoms with Gasteiger partial charge in [-0.1, -0.05) is 0 Å².